The van der Waals surface area contributed by atoms with Crippen molar-refractivity contribution in [3.8, 4) is 0 Å². The summed E-state index contributed by atoms with van der Waals surface area (Å²) in [5.41, 5.74) is 0.303. The van der Waals surface area contributed by atoms with Gasteiger partial charge in [-0.3, -0.25) is 4.79 Å². The summed E-state index contributed by atoms with van der Waals surface area (Å²) < 4.78 is 6.60. The summed E-state index contributed by atoms with van der Waals surface area (Å²) in [6, 6.07) is 8.01. The van der Waals surface area contributed by atoms with Crippen LogP contribution in [0.2, 0.25) is 0 Å². The Morgan fingerprint density at radius 2 is 2.18 bits per heavy atom. The Bertz CT molecular complexity index is 415. The largest absolute Gasteiger partial charge is 0.481 e. The minimum Gasteiger partial charge on any atom is -0.481 e. The highest BCUT2D eigenvalue weighted by molar-refractivity contribution is 14.1. The van der Waals surface area contributed by atoms with Gasteiger partial charge in [0.1, 0.15) is 0 Å². The van der Waals surface area contributed by atoms with Gasteiger partial charge in [-0.1, -0.05) is 12.1 Å². The molecule has 0 bridgehead atoms. The van der Waals surface area contributed by atoms with E-state index in [0.717, 1.165) is 9.13 Å². The van der Waals surface area contributed by atoms with E-state index < -0.39 is 11.4 Å². The number of carboxylic acids is 1. The lowest BCUT2D eigenvalue weighted by molar-refractivity contribution is -0.151. The predicted molar refractivity (Wildman–Crippen MR) is 73.0 cm³/mol. The highest BCUT2D eigenvalue weighted by Crippen LogP contribution is 2.38. The maximum Gasteiger partial charge on any atom is 0.312 e. The van der Waals surface area contributed by atoms with Crippen molar-refractivity contribution in [1.29, 1.82) is 0 Å². The van der Waals surface area contributed by atoms with E-state index in [1.807, 2.05) is 31.2 Å². The van der Waals surface area contributed by atoms with E-state index in [1.165, 1.54) is 0 Å². The molecule has 1 aromatic rings. The van der Waals surface area contributed by atoms with Crippen LogP contribution in [0.1, 0.15) is 18.9 Å². The number of halogens is 1. The van der Waals surface area contributed by atoms with Gasteiger partial charge in [0.15, 0.2) is 0 Å². The van der Waals surface area contributed by atoms with Crippen molar-refractivity contribution >= 4 is 28.6 Å². The van der Waals surface area contributed by atoms with E-state index in [9.17, 15) is 9.90 Å². The van der Waals surface area contributed by atoms with Crippen LogP contribution in [0.5, 0.6) is 0 Å². The third kappa shape index (κ3) is 2.47. The first-order valence-corrected chi connectivity index (χ1v) is 6.72. The number of hydrogen-bond acceptors (Lipinski definition) is 2. The Morgan fingerprint density at radius 3 is 2.65 bits per heavy atom. The second-order valence-electron chi connectivity index (χ2n) is 4.53. The summed E-state index contributed by atoms with van der Waals surface area (Å²) in [5, 5.41) is 9.47. The Kier molecular flexibility index (Phi) is 3.73. The SMILES string of the molecule is CC1OCCC1(Cc1ccc(I)cc1)C(=O)O. The lowest BCUT2D eigenvalue weighted by Crippen LogP contribution is -2.39. The zero-order valence-electron chi connectivity index (χ0n) is 9.65. The van der Waals surface area contributed by atoms with Gasteiger partial charge in [-0.25, -0.2) is 0 Å². The van der Waals surface area contributed by atoms with Crippen molar-refractivity contribution in [1.82, 2.24) is 0 Å². The number of carboxylic acid groups (broad SMARTS) is 1. The summed E-state index contributed by atoms with van der Waals surface area (Å²) in [4.78, 5) is 11.5. The van der Waals surface area contributed by atoms with Crippen LogP contribution < -0.4 is 0 Å². The topological polar surface area (TPSA) is 46.5 Å². The molecule has 2 rings (SSSR count). The molecule has 1 heterocycles. The number of rotatable bonds is 3. The molecule has 17 heavy (non-hydrogen) atoms. The van der Waals surface area contributed by atoms with Crippen LogP contribution in [0.3, 0.4) is 0 Å². The summed E-state index contributed by atoms with van der Waals surface area (Å²) in [6.45, 7) is 2.39. The summed E-state index contributed by atoms with van der Waals surface area (Å²) in [7, 11) is 0. The second-order valence-corrected chi connectivity index (χ2v) is 5.77. The van der Waals surface area contributed by atoms with Gasteiger partial charge in [0.25, 0.3) is 0 Å². The molecule has 1 aliphatic heterocycles. The quantitative estimate of drug-likeness (QED) is 0.857. The van der Waals surface area contributed by atoms with Gasteiger partial charge in [-0.15, -0.1) is 0 Å². The van der Waals surface area contributed by atoms with Crippen molar-refractivity contribution < 1.29 is 14.6 Å². The van der Waals surface area contributed by atoms with Gasteiger partial charge < -0.3 is 9.84 Å². The molecule has 0 saturated carbocycles. The molecule has 92 valence electrons. The lowest BCUT2D eigenvalue weighted by atomic mass is 9.76. The van der Waals surface area contributed by atoms with Gasteiger partial charge >= 0.3 is 5.97 Å². The molecule has 0 amide bonds. The van der Waals surface area contributed by atoms with Crippen molar-refractivity contribution in [2.75, 3.05) is 6.61 Å². The standard InChI is InChI=1S/C13H15IO3/c1-9-13(12(15)16,6-7-17-9)8-10-2-4-11(14)5-3-10/h2-5,9H,6-8H2,1H3,(H,15,16). The average molecular weight is 346 g/mol. The smallest absolute Gasteiger partial charge is 0.312 e. The molecule has 1 saturated heterocycles. The maximum atomic E-state index is 11.5. The van der Waals surface area contributed by atoms with E-state index >= 15 is 0 Å². The zero-order valence-corrected chi connectivity index (χ0v) is 11.8. The Morgan fingerprint density at radius 1 is 1.53 bits per heavy atom. The van der Waals surface area contributed by atoms with Gasteiger partial charge in [-0.05, 0) is 60.1 Å². The van der Waals surface area contributed by atoms with Crippen LogP contribution in [0, 0.1) is 8.99 Å². The van der Waals surface area contributed by atoms with Crippen LogP contribution in [-0.2, 0) is 16.0 Å². The molecule has 1 fully saturated rings. The van der Waals surface area contributed by atoms with E-state index in [2.05, 4.69) is 22.6 Å². The molecular weight excluding hydrogens is 331 g/mol. The number of hydrogen-bond donors (Lipinski definition) is 1. The Hall–Kier alpha value is -0.620. The average Bonchev–Trinajstić information content (AvgIpc) is 2.65. The summed E-state index contributed by atoms with van der Waals surface area (Å²) >= 11 is 2.24. The number of ether oxygens (including phenoxy) is 1. The number of carbonyl (C=O) groups is 1. The van der Waals surface area contributed by atoms with Gasteiger partial charge in [0, 0.05) is 10.2 Å². The molecule has 0 radical (unpaired) electrons. The normalized spacial score (nSPS) is 28.2. The first-order valence-electron chi connectivity index (χ1n) is 5.64. The molecular formula is C13H15IO3. The highest BCUT2D eigenvalue weighted by Gasteiger charge is 2.48. The molecule has 1 aliphatic rings. The Balaban J connectivity index is 2.24. The fourth-order valence-electron chi connectivity index (χ4n) is 2.34. The van der Waals surface area contributed by atoms with Gasteiger partial charge in [0.2, 0.25) is 0 Å². The van der Waals surface area contributed by atoms with Crippen LogP contribution in [0.15, 0.2) is 24.3 Å². The number of benzene rings is 1. The van der Waals surface area contributed by atoms with Gasteiger partial charge in [0.05, 0.1) is 11.5 Å². The molecule has 1 aromatic carbocycles. The second kappa shape index (κ2) is 4.94. The third-order valence-corrected chi connectivity index (χ3v) is 4.27. The van der Waals surface area contributed by atoms with Crippen molar-refractivity contribution in [3.63, 3.8) is 0 Å². The predicted octanol–water partition coefficient (Wildman–Crippen LogP) is 2.71. The molecule has 3 nitrogen and oxygen atoms in total. The third-order valence-electron chi connectivity index (χ3n) is 3.55. The van der Waals surface area contributed by atoms with Gasteiger partial charge in [-0.2, -0.15) is 0 Å². The fourth-order valence-corrected chi connectivity index (χ4v) is 2.70. The molecule has 1 N–H and O–H groups in total. The molecule has 4 heteroatoms. The van der Waals surface area contributed by atoms with Crippen LogP contribution in [0.25, 0.3) is 0 Å². The molecule has 0 aromatic heterocycles. The molecule has 0 aliphatic carbocycles. The monoisotopic (exact) mass is 346 g/mol. The lowest BCUT2D eigenvalue weighted by Gasteiger charge is -2.27. The fraction of sp³-hybridized carbons (Fsp3) is 0.462. The van der Waals surface area contributed by atoms with Crippen molar-refractivity contribution in [2.45, 2.75) is 25.9 Å². The van der Waals surface area contributed by atoms with E-state index in [-0.39, 0.29) is 6.10 Å². The molecule has 0 spiro atoms. The van der Waals surface area contributed by atoms with Crippen molar-refractivity contribution in [2.24, 2.45) is 5.41 Å². The minimum absolute atomic E-state index is 0.223. The highest BCUT2D eigenvalue weighted by atomic mass is 127. The van der Waals surface area contributed by atoms with E-state index in [1.54, 1.807) is 0 Å². The summed E-state index contributed by atoms with van der Waals surface area (Å²) in [6.07, 6.45) is 0.912. The summed E-state index contributed by atoms with van der Waals surface area (Å²) in [5.74, 6) is -0.749. The maximum absolute atomic E-state index is 11.5. The zero-order chi connectivity index (χ0) is 12.5. The first-order chi connectivity index (χ1) is 8.04. The Labute approximate surface area is 114 Å². The molecule has 2 atom stereocenters. The van der Waals surface area contributed by atoms with Crippen LogP contribution >= 0.6 is 22.6 Å². The molecule has 2 unspecified atom stereocenters. The van der Waals surface area contributed by atoms with E-state index in [0.29, 0.717) is 19.4 Å². The van der Waals surface area contributed by atoms with E-state index in [4.69, 9.17) is 4.74 Å². The van der Waals surface area contributed by atoms with Crippen LogP contribution in [0.4, 0.5) is 0 Å². The minimum atomic E-state index is -0.757. The van der Waals surface area contributed by atoms with Crippen molar-refractivity contribution in [3.05, 3.63) is 33.4 Å². The first kappa shape index (κ1) is 12.8. The van der Waals surface area contributed by atoms with Crippen LogP contribution in [-0.4, -0.2) is 23.8 Å². The number of aliphatic carboxylic acids is 1.